The van der Waals surface area contributed by atoms with E-state index in [4.69, 9.17) is 20.9 Å². The maximum absolute atomic E-state index is 11.4. The second-order valence-corrected chi connectivity index (χ2v) is 5.80. The summed E-state index contributed by atoms with van der Waals surface area (Å²) in [5.41, 5.74) is 0. The monoisotopic (exact) mass is 284 g/mol. The minimum Gasteiger partial charge on any atom is -0.450 e. The number of carbonyl (C=O) groups is 2. The van der Waals surface area contributed by atoms with Gasteiger partial charge in [-0.3, -0.25) is 5.09 Å². The Balaban J connectivity index is 4.31. The Morgan fingerprint density at radius 1 is 1.12 bits per heavy atom. The van der Waals surface area contributed by atoms with Crippen molar-refractivity contribution in [2.24, 2.45) is 0 Å². The van der Waals surface area contributed by atoms with E-state index in [1.54, 1.807) is 20.8 Å². The molecule has 0 unspecified atom stereocenters. The Morgan fingerprint density at radius 3 is 2.06 bits per heavy atom. The van der Waals surface area contributed by atoms with Crippen molar-refractivity contribution >= 4 is 30.6 Å². The fraction of sp³-hybridized carbons (Fsp3) is 0.750. The van der Waals surface area contributed by atoms with Gasteiger partial charge in [0.2, 0.25) is 0 Å². The number of hydrogen-bond acceptors (Lipinski definition) is 6. The molecular weight excluding hydrogens is 267 g/mol. The van der Waals surface area contributed by atoms with Crippen molar-refractivity contribution in [3.8, 4) is 0 Å². The Hall–Kier alpha value is -0.690. The van der Waals surface area contributed by atoms with Crippen molar-refractivity contribution in [3.05, 3.63) is 0 Å². The Labute approximate surface area is 105 Å². The summed E-state index contributed by atoms with van der Waals surface area (Å²) in [4.78, 5) is 22.3. The van der Waals surface area contributed by atoms with Crippen LogP contribution in [0.15, 0.2) is 0 Å². The predicted molar refractivity (Wildman–Crippen MR) is 66.2 cm³/mol. The van der Waals surface area contributed by atoms with Crippen LogP contribution in [-0.2, 0) is 25.6 Å². The molecule has 100 valence electrons. The van der Waals surface area contributed by atoms with Crippen molar-refractivity contribution in [2.75, 3.05) is 19.8 Å². The summed E-state index contributed by atoms with van der Waals surface area (Å²) in [5, 5.41) is 4.26. The fourth-order valence-electron chi connectivity index (χ4n) is 0.854. The number of carbonyl (C=O) groups excluding carboxylic acids is 2. The van der Waals surface area contributed by atoms with E-state index in [2.05, 4.69) is 9.82 Å². The summed E-state index contributed by atoms with van der Waals surface area (Å²) in [7, 11) is 0. The van der Waals surface area contributed by atoms with E-state index in [0.29, 0.717) is 13.2 Å². The molecule has 2 N–H and O–H groups in total. The summed E-state index contributed by atoms with van der Waals surface area (Å²) in [6.07, 6.45) is -0.848. The molecule has 3 amide bonds. The standard InChI is InChI=1S/C8H17N2O5PS/c1-4-13-8(12)9-7(11)10-16(17,14-5-2)15-6-3/h4-6H2,1-3H3,(H2,9,10,11,12,17). The van der Waals surface area contributed by atoms with Gasteiger partial charge in [-0.15, -0.1) is 0 Å². The number of ether oxygens (including phenoxy) is 1. The molecule has 0 aliphatic rings. The average Bonchev–Trinajstić information content (AvgIpc) is 2.17. The van der Waals surface area contributed by atoms with Crippen LogP contribution >= 0.6 is 6.64 Å². The smallest absolute Gasteiger partial charge is 0.415 e. The van der Waals surface area contributed by atoms with E-state index in [9.17, 15) is 9.59 Å². The van der Waals surface area contributed by atoms with Crippen molar-refractivity contribution in [1.29, 1.82) is 0 Å². The maximum Gasteiger partial charge on any atom is 0.415 e. The van der Waals surface area contributed by atoms with Gasteiger partial charge < -0.3 is 13.8 Å². The molecule has 0 aliphatic carbocycles. The van der Waals surface area contributed by atoms with Crippen molar-refractivity contribution in [2.45, 2.75) is 20.8 Å². The first-order valence-electron chi connectivity index (χ1n) is 5.12. The van der Waals surface area contributed by atoms with Crippen LogP contribution < -0.4 is 10.4 Å². The quantitative estimate of drug-likeness (QED) is 0.723. The van der Waals surface area contributed by atoms with E-state index in [0.717, 1.165) is 0 Å². The highest BCUT2D eigenvalue weighted by molar-refractivity contribution is 8.09. The molecule has 17 heavy (non-hydrogen) atoms. The van der Waals surface area contributed by atoms with Crippen molar-refractivity contribution in [1.82, 2.24) is 10.4 Å². The largest absolute Gasteiger partial charge is 0.450 e. The molecule has 0 aromatic rings. The zero-order chi connectivity index (χ0) is 13.3. The Kier molecular flexibility index (Phi) is 8.07. The number of rotatable bonds is 6. The molecule has 0 saturated heterocycles. The SMILES string of the molecule is CCOC(=O)NC(=O)NP(=S)(OCC)OCC. The number of nitrogens with one attached hydrogen (secondary N) is 2. The van der Waals surface area contributed by atoms with Crippen LogP contribution in [-0.4, -0.2) is 31.9 Å². The topological polar surface area (TPSA) is 85.9 Å². The van der Waals surface area contributed by atoms with Gasteiger partial charge >= 0.3 is 12.1 Å². The van der Waals surface area contributed by atoms with Gasteiger partial charge in [0, 0.05) is 0 Å². The first kappa shape index (κ1) is 16.3. The Morgan fingerprint density at radius 2 is 1.65 bits per heavy atom. The third kappa shape index (κ3) is 7.27. The Bertz CT molecular complexity index is 302. The van der Waals surface area contributed by atoms with Gasteiger partial charge in [0.1, 0.15) is 0 Å². The number of urea groups is 1. The summed E-state index contributed by atoms with van der Waals surface area (Å²) in [6.45, 7) is 2.97. The molecule has 0 radical (unpaired) electrons. The molecule has 0 fully saturated rings. The molecule has 9 heteroatoms. The van der Waals surface area contributed by atoms with Crippen molar-refractivity contribution < 1.29 is 23.4 Å². The fourth-order valence-corrected chi connectivity index (χ4v) is 2.92. The highest BCUT2D eigenvalue weighted by atomic mass is 32.5. The highest BCUT2D eigenvalue weighted by Crippen LogP contribution is 2.43. The van der Waals surface area contributed by atoms with E-state index in [1.807, 2.05) is 5.32 Å². The highest BCUT2D eigenvalue weighted by Gasteiger charge is 2.22. The third-order valence-corrected chi connectivity index (χ3v) is 3.91. The molecule has 0 heterocycles. The summed E-state index contributed by atoms with van der Waals surface area (Å²) in [6, 6.07) is -0.798. The number of alkyl carbamates (subject to hydrolysis) is 1. The normalized spacial score (nSPS) is 10.8. The molecule has 0 spiro atoms. The van der Waals surface area contributed by atoms with E-state index in [-0.39, 0.29) is 6.61 Å². The second kappa shape index (κ2) is 8.41. The second-order valence-electron chi connectivity index (χ2n) is 2.62. The zero-order valence-electron chi connectivity index (χ0n) is 10.0. The van der Waals surface area contributed by atoms with E-state index < -0.39 is 18.8 Å². The molecule has 0 aromatic heterocycles. The molecule has 0 saturated carbocycles. The first-order valence-corrected chi connectivity index (χ1v) is 7.76. The molecule has 0 aromatic carbocycles. The molecular formula is C8H17N2O5PS. The average molecular weight is 284 g/mol. The van der Waals surface area contributed by atoms with Gasteiger partial charge in [0.25, 0.3) is 6.64 Å². The lowest BCUT2D eigenvalue weighted by atomic mass is 10.8. The number of amides is 3. The number of hydrogen-bond donors (Lipinski definition) is 2. The molecule has 0 aliphatic heterocycles. The zero-order valence-corrected chi connectivity index (χ0v) is 11.7. The molecule has 0 rings (SSSR count). The first-order chi connectivity index (χ1) is 7.97. The molecule has 0 atom stereocenters. The lowest BCUT2D eigenvalue weighted by molar-refractivity contribution is 0.153. The van der Waals surface area contributed by atoms with Crippen LogP contribution in [0.4, 0.5) is 9.59 Å². The molecule has 7 nitrogen and oxygen atoms in total. The third-order valence-electron chi connectivity index (χ3n) is 1.33. The van der Waals surface area contributed by atoms with Gasteiger partial charge in [-0.05, 0) is 32.6 Å². The van der Waals surface area contributed by atoms with Gasteiger partial charge in [-0.2, -0.15) is 0 Å². The van der Waals surface area contributed by atoms with Gasteiger partial charge in [-0.25, -0.2) is 14.9 Å². The van der Waals surface area contributed by atoms with E-state index in [1.165, 1.54) is 0 Å². The van der Waals surface area contributed by atoms with Gasteiger partial charge in [0.15, 0.2) is 0 Å². The van der Waals surface area contributed by atoms with Crippen LogP contribution in [0.3, 0.4) is 0 Å². The van der Waals surface area contributed by atoms with Crippen LogP contribution in [0.25, 0.3) is 0 Å². The lowest BCUT2D eigenvalue weighted by Gasteiger charge is -2.21. The lowest BCUT2D eigenvalue weighted by Crippen LogP contribution is -2.38. The van der Waals surface area contributed by atoms with Gasteiger partial charge in [-0.1, -0.05) is 0 Å². The maximum atomic E-state index is 11.4. The van der Waals surface area contributed by atoms with E-state index >= 15 is 0 Å². The van der Waals surface area contributed by atoms with Crippen LogP contribution in [0.5, 0.6) is 0 Å². The minimum absolute atomic E-state index is 0.171. The summed E-state index contributed by atoms with van der Waals surface area (Å²) >= 11 is 5.04. The van der Waals surface area contributed by atoms with Crippen molar-refractivity contribution in [3.63, 3.8) is 0 Å². The van der Waals surface area contributed by atoms with Crippen LogP contribution in [0, 0.1) is 0 Å². The number of imide groups is 1. The van der Waals surface area contributed by atoms with Gasteiger partial charge in [0.05, 0.1) is 19.8 Å². The van der Waals surface area contributed by atoms with Crippen LogP contribution in [0.1, 0.15) is 20.8 Å². The minimum atomic E-state index is -2.89. The summed E-state index contributed by atoms with van der Waals surface area (Å²) in [5.74, 6) is 0. The predicted octanol–water partition coefficient (Wildman–Crippen LogP) is 1.74. The molecule has 0 bridgehead atoms. The van der Waals surface area contributed by atoms with Crippen LogP contribution in [0.2, 0.25) is 0 Å². The summed E-state index contributed by atoms with van der Waals surface area (Å²) < 4.78 is 14.9.